The molecule has 0 spiro atoms. The minimum absolute atomic E-state index is 0.748. The van der Waals surface area contributed by atoms with E-state index in [1.54, 1.807) is 11.3 Å². The number of aryl methyl sites for hydroxylation is 2. The van der Waals surface area contributed by atoms with Crippen molar-refractivity contribution in [1.29, 1.82) is 0 Å². The maximum atomic E-state index is 4.96. The largest absolute Gasteiger partial charge is 0.312 e. The van der Waals surface area contributed by atoms with E-state index >= 15 is 0 Å². The molecule has 0 radical (unpaired) electrons. The first kappa shape index (κ1) is 16.5. The van der Waals surface area contributed by atoms with E-state index in [-0.39, 0.29) is 0 Å². The third-order valence-electron chi connectivity index (χ3n) is 4.23. The highest BCUT2D eigenvalue weighted by molar-refractivity contribution is 7.09. The lowest BCUT2D eigenvalue weighted by molar-refractivity contribution is 0.798. The molecule has 0 aliphatic rings. The lowest BCUT2D eigenvalue weighted by Gasteiger charge is -2.08. The van der Waals surface area contributed by atoms with Crippen molar-refractivity contribution in [2.24, 2.45) is 4.99 Å². The molecule has 3 rings (SSSR count). The van der Waals surface area contributed by atoms with Gasteiger partial charge in [-0.25, -0.2) is 4.99 Å². The summed E-state index contributed by atoms with van der Waals surface area (Å²) in [6.07, 6.45) is 1.93. The Balaban J connectivity index is 2.24. The second kappa shape index (κ2) is 7.02. The molecule has 1 aromatic heterocycles. The van der Waals surface area contributed by atoms with E-state index in [9.17, 15) is 0 Å². The van der Waals surface area contributed by atoms with Crippen molar-refractivity contribution in [1.82, 2.24) is 4.57 Å². The van der Waals surface area contributed by atoms with Crippen LogP contribution in [0.25, 0.3) is 11.3 Å². The summed E-state index contributed by atoms with van der Waals surface area (Å²) in [4.78, 5) is 7.25. The van der Waals surface area contributed by atoms with Crippen LogP contribution in [0.15, 0.2) is 66.2 Å². The van der Waals surface area contributed by atoms with Gasteiger partial charge in [-0.05, 0) is 43.5 Å². The number of hydrogen-bond donors (Lipinski definition) is 0. The van der Waals surface area contributed by atoms with Gasteiger partial charge in [0.25, 0.3) is 0 Å². The zero-order valence-corrected chi connectivity index (χ0v) is 15.2. The molecule has 0 bridgehead atoms. The summed E-state index contributed by atoms with van der Waals surface area (Å²) in [5.41, 5.74) is 5.98. The molecule has 0 saturated carbocycles. The predicted octanol–water partition coefficient (Wildman–Crippen LogP) is 5.56. The van der Waals surface area contributed by atoms with Crippen LogP contribution in [-0.4, -0.2) is 4.57 Å². The summed E-state index contributed by atoms with van der Waals surface area (Å²) < 4.78 is 2.25. The van der Waals surface area contributed by atoms with Gasteiger partial charge in [0.05, 0.1) is 11.4 Å². The Morgan fingerprint density at radius 3 is 2.50 bits per heavy atom. The second-order valence-electron chi connectivity index (χ2n) is 5.89. The third kappa shape index (κ3) is 3.13. The highest BCUT2D eigenvalue weighted by atomic mass is 32.1. The molecule has 0 fully saturated rings. The van der Waals surface area contributed by atoms with Crippen LogP contribution in [-0.2, 0) is 6.54 Å². The first-order valence-electron chi connectivity index (χ1n) is 8.09. The predicted molar refractivity (Wildman–Crippen MR) is 104 cm³/mol. The van der Waals surface area contributed by atoms with Crippen molar-refractivity contribution >= 4 is 17.0 Å². The molecule has 0 amide bonds. The van der Waals surface area contributed by atoms with Gasteiger partial charge in [0.2, 0.25) is 0 Å². The van der Waals surface area contributed by atoms with E-state index in [1.807, 2.05) is 12.1 Å². The fraction of sp³-hybridized carbons (Fsp3) is 0.190. The van der Waals surface area contributed by atoms with E-state index in [1.165, 1.54) is 27.3 Å². The van der Waals surface area contributed by atoms with Gasteiger partial charge >= 0.3 is 0 Å². The van der Waals surface area contributed by atoms with Gasteiger partial charge in [-0.2, -0.15) is 0 Å². The first-order chi connectivity index (χ1) is 11.6. The number of rotatable bonds is 4. The summed E-state index contributed by atoms with van der Waals surface area (Å²) in [5, 5.41) is 0. The zero-order chi connectivity index (χ0) is 17.1. The van der Waals surface area contributed by atoms with Gasteiger partial charge in [-0.15, -0.1) is 17.9 Å². The summed E-state index contributed by atoms with van der Waals surface area (Å²) in [6, 6.07) is 16.8. The van der Waals surface area contributed by atoms with Gasteiger partial charge in [-0.1, -0.05) is 48.5 Å². The Morgan fingerprint density at radius 1 is 1.04 bits per heavy atom. The summed E-state index contributed by atoms with van der Waals surface area (Å²) >= 11 is 1.73. The molecule has 0 aliphatic carbocycles. The number of benzene rings is 2. The molecule has 24 heavy (non-hydrogen) atoms. The third-order valence-corrected chi connectivity index (χ3v) is 5.22. The molecule has 0 aliphatic heterocycles. The van der Waals surface area contributed by atoms with E-state index in [0.717, 1.165) is 17.0 Å². The summed E-state index contributed by atoms with van der Waals surface area (Å²) in [6.45, 7) is 11.1. The number of allylic oxidation sites excluding steroid dienone is 1. The molecule has 0 unspecified atom stereocenters. The van der Waals surface area contributed by atoms with Gasteiger partial charge < -0.3 is 4.57 Å². The van der Waals surface area contributed by atoms with Crippen molar-refractivity contribution in [2.75, 3.05) is 0 Å². The monoisotopic (exact) mass is 334 g/mol. The van der Waals surface area contributed by atoms with E-state index in [0.29, 0.717) is 0 Å². The maximum absolute atomic E-state index is 4.96. The fourth-order valence-electron chi connectivity index (χ4n) is 2.82. The maximum Gasteiger partial charge on any atom is 0.190 e. The van der Waals surface area contributed by atoms with Crippen LogP contribution < -0.4 is 4.80 Å². The van der Waals surface area contributed by atoms with Crippen molar-refractivity contribution in [3.05, 3.63) is 82.0 Å². The number of nitrogens with zero attached hydrogens (tertiary/aromatic N) is 2. The van der Waals surface area contributed by atoms with Crippen molar-refractivity contribution < 1.29 is 0 Å². The van der Waals surface area contributed by atoms with Crippen molar-refractivity contribution in [3.8, 4) is 11.3 Å². The van der Waals surface area contributed by atoms with Crippen LogP contribution in [0.4, 0.5) is 5.69 Å². The first-order valence-corrected chi connectivity index (χ1v) is 8.91. The highest BCUT2D eigenvalue weighted by Crippen LogP contribution is 2.26. The molecule has 0 N–H and O–H groups in total. The Morgan fingerprint density at radius 2 is 1.79 bits per heavy atom. The number of aromatic nitrogens is 1. The van der Waals surface area contributed by atoms with Crippen LogP contribution in [0, 0.1) is 20.8 Å². The molecule has 0 atom stereocenters. The normalized spacial score (nSPS) is 11.7. The average molecular weight is 334 g/mol. The minimum atomic E-state index is 0.748. The molecule has 0 saturated heterocycles. The Hall–Kier alpha value is -2.39. The lowest BCUT2D eigenvalue weighted by Crippen LogP contribution is -2.15. The molecule has 3 aromatic rings. The van der Waals surface area contributed by atoms with Crippen LogP contribution >= 0.6 is 11.3 Å². The molecule has 122 valence electrons. The van der Waals surface area contributed by atoms with E-state index in [4.69, 9.17) is 4.99 Å². The fourth-order valence-corrected chi connectivity index (χ4v) is 3.84. The Bertz CT molecular complexity index is 930. The smallest absolute Gasteiger partial charge is 0.190 e. The van der Waals surface area contributed by atoms with E-state index in [2.05, 4.69) is 74.4 Å². The number of hydrogen-bond acceptors (Lipinski definition) is 2. The quantitative estimate of drug-likeness (QED) is 0.556. The van der Waals surface area contributed by atoms with Crippen LogP contribution in [0.3, 0.4) is 0 Å². The van der Waals surface area contributed by atoms with Crippen molar-refractivity contribution in [3.63, 3.8) is 0 Å². The molecule has 3 heteroatoms. The van der Waals surface area contributed by atoms with Gasteiger partial charge in [-0.3, -0.25) is 0 Å². The molecular formula is C21H22N2S. The SMILES string of the molecule is C=CCn1c(-c2ccccc2)c(C)sc1=Nc1cccc(C)c1C. The topological polar surface area (TPSA) is 17.3 Å². The average Bonchev–Trinajstić information content (AvgIpc) is 2.88. The van der Waals surface area contributed by atoms with Crippen LogP contribution in [0.1, 0.15) is 16.0 Å². The molecule has 2 aromatic carbocycles. The molecule has 1 heterocycles. The molecule has 2 nitrogen and oxygen atoms in total. The highest BCUT2D eigenvalue weighted by Gasteiger charge is 2.12. The van der Waals surface area contributed by atoms with Crippen molar-refractivity contribution in [2.45, 2.75) is 27.3 Å². The van der Waals surface area contributed by atoms with Crippen LogP contribution in [0.2, 0.25) is 0 Å². The minimum Gasteiger partial charge on any atom is -0.312 e. The standard InChI is InChI=1S/C21H22N2S/c1-5-14-23-20(18-11-7-6-8-12-18)17(4)24-21(23)22-19-13-9-10-15(2)16(19)3/h5-13H,1,14H2,2-4H3. The zero-order valence-electron chi connectivity index (χ0n) is 14.4. The second-order valence-corrected chi connectivity index (χ2v) is 7.07. The van der Waals surface area contributed by atoms with E-state index < -0.39 is 0 Å². The Labute approximate surface area is 147 Å². The lowest BCUT2D eigenvalue weighted by atomic mass is 10.1. The molecular weight excluding hydrogens is 312 g/mol. The van der Waals surface area contributed by atoms with Gasteiger partial charge in [0.1, 0.15) is 0 Å². The summed E-state index contributed by atoms with van der Waals surface area (Å²) in [5.74, 6) is 0. The number of thiazole rings is 1. The van der Waals surface area contributed by atoms with Gasteiger partial charge in [0.15, 0.2) is 4.80 Å². The Kier molecular flexibility index (Phi) is 4.81. The van der Waals surface area contributed by atoms with Gasteiger partial charge in [0, 0.05) is 11.4 Å². The van der Waals surface area contributed by atoms with Crippen LogP contribution in [0.5, 0.6) is 0 Å². The summed E-state index contributed by atoms with van der Waals surface area (Å²) in [7, 11) is 0.